The summed E-state index contributed by atoms with van der Waals surface area (Å²) in [4.78, 5) is 28.9. The molecule has 1 saturated heterocycles. The molecule has 2 atom stereocenters. The van der Waals surface area contributed by atoms with Gasteiger partial charge in [0.25, 0.3) is 0 Å². The Hall–Kier alpha value is -3.46. The van der Waals surface area contributed by atoms with Crippen LogP contribution in [-0.4, -0.2) is 57.7 Å². The molecule has 0 bridgehead atoms. The van der Waals surface area contributed by atoms with Crippen molar-refractivity contribution in [3.63, 3.8) is 0 Å². The first-order chi connectivity index (χ1) is 15.9. The number of nitrogens with zero attached hydrogens (tertiary/aromatic N) is 5. The minimum Gasteiger partial charge on any atom is -0.494 e. The first kappa shape index (κ1) is 21.4. The fraction of sp³-hybridized carbons (Fsp3) is 0.417. The van der Waals surface area contributed by atoms with Crippen molar-refractivity contribution in [2.75, 3.05) is 31.0 Å². The maximum atomic E-state index is 13.0. The summed E-state index contributed by atoms with van der Waals surface area (Å²) in [7, 11) is 3.30. The third kappa shape index (κ3) is 3.26. The van der Waals surface area contributed by atoms with Crippen molar-refractivity contribution in [2.24, 2.45) is 0 Å². The zero-order valence-electron chi connectivity index (χ0n) is 19.5. The Morgan fingerprint density at radius 3 is 2.76 bits per heavy atom. The first-order valence-electron chi connectivity index (χ1n) is 11.1. The highest BCUT2D eigenvalue weighted by Gasteiger charge is 2.59. The highest BCUT2D eigenvalue weighted by atomic mass is 16.5. The number of ketones is 1. The number of fused-ring (bicyclic) bond motifs is 3. The van der Waals surface area contributed by atoms with Crippen molar-refractivity contribution < 1.29 is 14.3 Å². The number of hydrogen-bond acceptors (Lipinski definition) is 8. The Morgan fingerprint density at radius 1 is 1.27 bits per heavy atom. The molecule has 2 aliphatic heterocycles. The van der Waals surface area contributed by atoms with E-state index in [0.29, 0.717) is 31.1 Å². The molecule has 0 amide bonds. The predicted octanol–water partition coefficient (Wildman–Crippen LogP) is 3.00. The van der Waals surface area contributed by atoms with Gasteiger partial charge in [-0.3, -0.25) is 4.79 Å². The monoisotopic (exact) mass is 448 g/mol. The summed E-state index contributed by atoms with van der Waals surface area (Å²) in [5, 5.41) is 3.33. The molecule has 0 radical (unpaired) electrons. The lowest BCUT2D eigenvalue weighted by Crippen LogP contribution is -2.76. The Balaban J connectivity index is 1.49. The second-order valence-electron chi connectivity index (χ2n) is 8.67. The number of imidazole rings is 1. The van der Waals surface area contributed by atoms with Gasteiger partial charge in [0.05, 0.1) is 30.5 Å². The highest BCUT2D eigenvalue weighted by Crippen LogP contribution is 2.44. The quantitative estimate of drug-likeness (QED) is 0.615. The van der Waals surface area contributed by atoms with Gasteiger partial charge in [-0.25, -0.2) is 9.97 Å². The lowest BCUT2D eigenvalue weighted by Gasteiger charge is -2.57. The van der Waals surface area contributed by atoms with Gasteiger partial charge in [-0.15, -0.1) is 0 Å². The second-order valence-corrected chi connectivity index (χ2v) is 8.67. The predicted molar refractivity (Wildman–Crippen MR) is 125 cm³/mol. The molecule has 1 fully saturated rings. The van der Waals surface area contributed by atoms with Gasteiger partial charge in [-0.1, -0.05) is 6.92 Å². The van der Waals surface area contributed by atoms with Crippen LogP contribution in [0.3, 0.4) is 0 Å². The largest absolute Gasteiger partial charge is 0.494 e. The molecule has 0 saturated carbocycles. The molecule has 0 spiro atoms. The molecule has 1 N–H and O–H groups in total. The van der Waals surface area contributed by atoms with Gasteiger partial charge in [-0.05, 0) is 32.4 Å². The Kier molecular flexibility index (Phi) is 5.08. The van der Waals surface area contributed by atoms with Crippen molar-refractivity contribution in [3.8, 4) is 11.4 Å². The standard InChI is InChI=1S/C24H28N6O3/c1-6-17-16-10-20(31)24(3)21(33-5)12-30(24)22(16)28-23(27-17)26-15-7-8-18(19(9-15)32-4)29-11-14(2)25-13-29/h7-9,11,13,21H,6,10,12H2,1-5H3,(H,26,27,28). The van der Waals surface area contributed by atoms with Gasteiger partial charge >= 0.3 is 0 Å². The van der Waals surface area contributed by atoms with Gasteiger partial charge < -0.3 is 24.3 Å². The minimum atomic E-state index is -0.674. The molecule has 9 nitrogen and oxygen atoms in total. The molecule has 0 aliphatic carbocycles. The summed E-state index contributed by atoms with van der Waals surface area (Å²) in [5.74, 6) is 2.17. The van der Waals surface area contributed by atoms with Crippen molar-refractivity contribution in [3.05, 3.63) is 47.7 Å². The fourth-order valence-corrected chi connectivity index (χ4v) is 4.80. The van der Waals surface area contributed by atoms with E-state index in [1.54, 1.807) is 20.5 Å². The van der Waals surface area contributed by atoms with E-state index < -0.39 is 5.54 Å². The van der Waals surface area contributed by atoms with Gasteiger partial charge in [0.2, 0.25) is 5.95 Å². The molecule has 5 rings (SSSR count). The molecule has 172 valence electrons. The molecule has 2 unspecified atom stereocenters. The molecule has 2 aliphatic rings. The van der Waals surface area contributed by atoms with Crippen molar-refractivity contribution in [1.82, 2.24) is 19.5 Å². The van der Waals surface area contributed by atoms with Gasteiger partial charge in [0.15, 0.2) is 5.78 Å². The summed E-state index contributed by atoms with van der Waals surface area (Å²) in [6.07, 6.45) is 4.63. The molecular formula is C24H28N6O3. The maximum absolute atomic E-state index is 13.0. The minimum absolute atomic E-state index is 0.127. The molecule has 1 aromatic carbocycles. The molecule has 4 heterocycles. The van der Waals surface area contributed by atoms with Crippen LogP contribution in [0.15, 0.2) is 30.7 Å². The van der Waals surface area contributed by atoms with E-state index in [2.05, 4.69) is 15.2 Å². The van der Waals surface area contributed by atoms with Crippen LogP contribution in [0.4, 0.5) is 17.5 Å². The average molecular weight is 449 g/mol. The average Bonchev–Trinajstić information content (AvgIpc) is 3.24. The number of benzene rings is 1. The van der Waals surface area contributed by atoms with E-state index in [1.807, 2.05) is 49.7 Å². The Labute approximate surface area is 192 Å². The van der Waals surface area contributed by atoms with Crippen LogP contribution in [0.25, 0.3) is 5.69 Å². The van der Waals surface area contributed by atoms with Gasteiger partial charge in [-0.2, -0.15) is 4.98 Å². The number of carbonyl (C=O) groups excluding carboxylic acids is 1. The number of rotatable bonds is 6. The van der Waals surface area contributed by atoms with Crippen LogP contribution in [0.2, 0.25) is 0 Å². The zero-order valence-corrected chi connectivity index (χ0v) is 19.5. The maximum Gasteiger partial charge on any atom is 0.229 e. The number of Topliss-reactive ketones (excluding diaryl/α,β-unsaturated/α-hetero) is 1. The number of ether oxygens (including phenoxy) is 2. The molecule has 3 aromatic rings. The smallest absolute Gasteiger partial charge is 0.229 e. The number of nitrogens with one attached hydrogen (secondary N) is 1. The molecular weight excluding hydrogens is 420 g/mol. The second kappa shape index (κ2) is 7.84. The zero-order chi connectivity index (χ0) is 23.3. The number of anilines is 3. The van der Waals surface area contributed by atoms with Crippen molar-refractivity contribution >= 4 is 23.2 Å². The van der Waals surface area contributed by atoms with Crippen LogP contribution < -0.4 is 15.0 Å². The lowest BCUT2D eigenvalue weighted by atomic mass is 9.74. The van der Waals surface area contributed by atoms with Crippen molar-refractivity contribution in [2.45, 2.75) is 45.3 Å². The molecule has 33 heavy (non-hydrogen) atoms. The van der Waals surface area contributed by atoms with E-state index in [0.717, 1.165) is 34.1 Å². The van der Waals surface area contributed by atoms with E-state index >= 15 is 0 Å². The van der Waals surface area contributed by atoms with E-state index in [-0.39, 0.29) is 11.9 Å². The SMILES string of the molecule is CCc1nc(Nc2ccc(-n3cnc(C)c3)c(OC)c2)nc2c1CC(=O)C1(C)C(OC)CN21. The summed E-state index contributed by atoms with van der Waals surface area (Å²) < 4.78 is 13.1. The summed E-state index contributed by atoms with van der Waals surface area (Å²) in [5.41, 5.74) is 3.76. The first-order valence-corrected chi connectivity index (χ1v) is 11.1. The van der Waals surface area contributed by atoms with E-state index in [1.165, 1.54) is 0 Å². The summed E-state index contributed by atoms with van der Waals surface area (Å²) in [6, 6.07) is 5.84. The lowest BCUT2D eigenvalue weighted by molar-refractivity contribution is -0.134. The number of hydrogen-bond donors (Lipinski definition) is 1. The molecule has 2 aromatic heterocycles. The van der Waals surface area contributed by atoms with Gasteiger partial charge in [0, 0.05) is 43.6 Å². The van der Waals surface area contributed by atoms with Crippen molar-refractivity contribution in [1.29, 1.82) is 0 Å². The van der Waals surface area contributed by atoms with E-state index in [9.17, 15) is 4.79 Å². The number of carbonyl (C=O) groups is 1. The number of aromatic nitrogens is 4. The highest BCUT2D eigenvalue weighted by molar-refractivity contribution is 5.99. The third-order valence-corrected chi connectivity index (χ3v) is 6.81. The van der Waals surface area contributed by atoms with Crippen LogP contribution in [0, 0.1) is 6.92 Å². The number of methoxy groups -OCH3 is 2. The fourth-order valence-electron chi connectivity index (χ4n) is 4.80. The topological polar surface area (TPSA) is 94.4 Å². The summed E-state index contributed by atoms with van der Waals surface area (Å²) >= 11 is 0. The normalized spacial score (nSPS) is 21.3. The molecule has 9 heteroatoms. The third-order valence-electron chi connectivity index (χ3n) is 6.81. The van der Waals surface area contributed by atoms with Crippen LogP contribution in [0.5, 0.6) is 5.75 Å². The summed E-state index contributed by atoms with van der Waals surface area (Å²) in [6.45, 7) is 6.57. The Morgan fingerprint density at radius 2 is 2.09 bits per heavy atom. The van der Waals surface area contributed by atoms with Crippen LogP contribution in [0.1, 0.15) is 30.8 Å². The van der Waals surface area contributed by atoms with Gasteiger partial charge in [0.1, 0.15) is 23.2 Å². The number of aryl methyl sites for hydroxylation is 2. The van der Waals surface area contributed by atoms with Crippen LogP contribution >= 0.6 is 0 Å². The Bertz CT molecular complexity index is 1240. The van der Waals surface area contributed by atoms with E-state index in [4.69, 9.17) is 19.4 Å². The van der Waals surface area contributed by atoms with Crippen LogP contribution in [-0.2, 0) is 22.4 Å².